The van der Waals surface area contributed by atoms with Gasteiger partial charge in [-0.25, -0.2) is 9.38 Å². The van der Waals surface area contributed by atoms with Crippen molar-refractivity contribution in [3.63, 3.8) is 0 Å². The maximum Gasteiger partial charge on any atom is 0.264 e. The summed E-state index contributed by atoms with van der Waals surface area (Å²) in [6, 6.07) is 16.2. The van der Waals surface area contributed by atoms with E-state index >= 15 is 0 Å². The molecular formula is C23H14Cl3FN2O2S. The molecule has 32 heavy (non-hydrogen) atoms. The lowest BCUT2D eigenvalue weighted by Gasteiger charge is -2.11. The highest BCUT2D eigenvalue weighted by Gasteiger charge is 2.24. The van der Waals surface area contributed by atoms with Crippen molar-refractivity contribution in [2.75, 3.05) is 0 Å². The average molecular weight is 508 g/mol. The molecule has 0 unspecified atom stereocenters. The third-order valence-electron chi connectivity index (χ3n) is 4.32. The van der Waals surface area contributed by atoms with Crippen LogP contribution in [-0.4, -0.2) is 11.1 Å². The first-order chi connectivity index (χ1) is 15.4. The van der Waals surface area contributed by atoms with E-state index in [-0.39, 0.29) is 18.3 Å². The monoisotopic (exact) mass is 506 g/mol. The van der Waals surface area contributed by atoms with Gasteiger partial charge >= 0.3 is 0 Å². The highest BCUT2D eigenvalue weighted by Crippen LogP contribution is 2.37. The molecule has 0 spiro atoms. The number of aliphatic imine (C=N–C) groups is 1. The van der Waals surface area contributed by atoms with Crippen LogP contribution in [0.25, 0.3) is 6.08 Å². The molecule has 9 heteroatoms. The Hall–Kier alpha value is -2.51. The second-order valence-corrected chi connectivity index (χ2v) is 8.97. The summed E-state index contributed by atoms with van der Waals surface area (Å²) in [5.41, 5.74) is 2.09. The van der Waals surface area contributed by atoms with E-state index in [0.717, 1.165) is 5.56 Å². The number of carbonyl (C=O) groups excluding carboxylic acids is 1. The minimum atomic E-state index is -0.355. The van der Waals surface area contributed by atoms with E-state index in [4.69, 9.17) is 39.5 Å². The summed E-state index contributed by atoms with van der Waals surface area (Å²) in [5.74, 6) is -0.300. The minimum absolute atomic E-state index is 0.276. The molecule has 0 radical (unpaired) electrons. The summed E-state index contributed by atoms with van der Waals surface area (Å²) < 4.78 is 18.8. The lowest BCUT2D eigenvalue weighted by molar-refractivity contribution is -0.115. The van der Waals surface area contributed by atoms with Crippen LogP contribution in [-0.2, 0) is 11.4 Å². The van der Waals surface area contributed by atoms with E-state index in [9.17, 15) is 9.18 Å². The van der Waals surface area contributed by atoms with Crippen LogP contribution in [0.4, 0.5) is 10.1 Å². The topological polar surface area (TPSA) is 50.7 Å². The van der Waals surface area contributed by atoms with Crippen LogP contribution in [0, 0.1) is 5.82 Å². The third-order valence-corrected chi connectivity index (χ3v) is 6.05. The zero-order valence-corrected chi connectivity index (χ0v) is 19.3. The zero-order valence-electron chi connectivity index (χ0n) is 16.2. The van der Waals surface area contributed by atoms with Gasteiger partial charge in [0.1, 0.15) is 12.4 Å². The molecule has 4 rings (SSSR count). The highest BCUT2D eigenvalue weighted by molar-refractivity contribution is 8.18. The Kier molecular flexibility index (Phi) is 7.06. The molecule has 1 N–H and O–H groups in total. The number of carbonyl (C=O) groups is 1. The molecule has 0 aromatic heterocycles. The number of benzene rings is 3. The summed E-state index contributed by atoms with van der Waals surface area (Å²) in [7, 11) is 0. The van der Waals surface area contributed by atoms with E-state index in [1.54, 1.807) is 30.3 Å². The number of thioether (sulfide) groups is 1. The Bertz CT molecular complexity index is 1210. The predicted molar refractivity (Wildman–Crippen MR) is 129 cm³/mol. The largest absolute Gasteiger partial charge is 0.486 e. The van der Waals surface area contributed by atoms with Gasteiger partial charge < -0.3 is 10.1 Å². The Morgan fingerprint density at radius 2 is 1.66 bits per heavy atom. The zero-order chi connectivity index (χ0) is 22.7. The van der Waals surface area contributed by atoms with Gasteiger partial charge in [-0.05, 0) is 77.5 Å². The maximum absolute atomic E-state index is 13.0. The smallest absolute Gasteiger partial charge is 0.264 e. The Balaban J connectivity index is 1.49. The number of nitrogens with zero attached hydrogens (tertiary/aromatic N) is 1. The minimum Gasteiger partial charge on any atom is -0.486 e. The van der Waals surface area contributed by atoms with Crippen molar-refractivity contribution < 1.29 is 13.9 Å². The van der Waals surface area contributed by atoms with Crippen LogP contribution in [0.15, 0.2) is 70.6 Å². The molecule has 1 amide bonds. The number of hydrogen-bond donors (Lipinski definition) is 1. The van der Waals surface area contributed by atoms with Crippen LogP contribution in [0.5, 0.6) is 5.75 Å². The Morgan fingerprint density at radius 1 is 1.00 bits per heavy atom. The van der Waals surface area contributed by atoms with E-state index in [1.165, 1.54) is 36.0 Å². The number of amidine groups is 1. The van der Waals surface area contributed by atoms with Gasteiger partial charge in [-0.1, -0.05) is 46.9 Å². The van der Waals surface area contributed by atoms with Gasteiger partial charge in [0, 0.05) is 5.02 Å². The van der Waals surface area contributed by atoms with Crippen LogP contribution in [0.3, 0.4) is 0 Å². The molecule has 0 bridgehead atoms. The van der Waals surface area contributed by atoms with E-state index in [0.29, 0.717) is 42.1 Å². The molecule has 3 aromatic carbocycles. The molecular weight excluding hydrogens is 494 g/mol. The second kappa shape index (κ2) is 9.96. The third kappa shape index (κ3) is 5.64. The summed E-state index contributed by atoms with van der Waals surface area (Å²) in [6.07, 6.45) is 1.66. The summed E-state index contributed by atoms with van der Waals surface area (Å²) in [4.78, 5) is 17.0. The SMILES string of the molecule is O=C1NC(=Nc2ccc(F)cc2)S/C1=C/c1cc(Cl)c(OCc2ccc(Cl)cc2)c(Cl)c1. The first-order valence-corrected chi connectivity index (χ1v) is 11.2. The van der Waals surface area contributed by atoms with Crippen LogP contribution < -0.4 is 10.1 Å². The van der Waals surface area contributed by atoms with Gasteiger partial charge in [-0.2, -0.15) is 0 Å². The summed E-state index contributed by atoms with van der Waals surface area (Å²) >= 11 is 19.8. The average Bonchev–Trinajstić information content (AvgIpc) is 3.09. The standard InChI is InChI=1S/C23H14Cl3FN2O2S/c24-15-3-1-13(2-4-15)12-31-21-18(25)9-14(10-19(21)26)11-20-22(30)29-23(32-20)28-17-7-5-16(27)6-8-17/h1-11H,12H2,(H,28,29,30)/b20-11+. The molecule has 0 aliphatic carbocycles. The number of nitrogens with one attached hydrogen (secondary N) is 1. The summed E-state index contributed by atoms with van der Waals surface area (Å²) in [6.45, 7) is 0.276. The highest BCUT2D eigenvalue weighted by atomic mass is 35.5. The molecule has 1 aliphatic heterocycles. The summed E-state index contributed by atoms with van der Waals surface area (Å²) in [5, 5.41) is 4.36. The molecule has 162 valence electrons. The molecule has 1 aliphatic rings. The van der Waals surface area contributed by atoms with Gasteiger partial charge in [0.05, 0.1) is 20.6 Å². The van der Waals surface area contributed by atoms with E-state index in [2.05, 4.69) is 10.3 Å². The molecule has 0 saturated carbocycles. The fraction of sp³-hybridized carbons (Fsp3) is 0.0435. The lowest BCUT2D eigenvalue weighted by Crippen LogP contribution is -2.19. The molecule has 4 nitrogen and oxygen atoms in total. The number of hydrogen-bond acceptors (Lipinski definition) is 4. The van der Waals surface area contributed by atoms with Crippen molar-refractivity contribution in [2.24, 2.45) is 4.99 Å². The lowest BCUT2D eigenvalue weighted by atomic mass is 10.2. The van der Waals surface area contributed by atoms with Crippen molar-refractivity contribution >= 4 is 69.4 Å². The van der Waals surface area contributed by atoms with Crippen molar-refractivity contribution in [2.45, 2.75) is 6.61 Å². The Morgan fingerprint density at radius 3 is 2.31 bits per heavy atom. The first kappa shape index (κ1) is 22.7. The molecule has 1 fully saturated rings. The molecule has 3 aromatic rings. The number of amides is 1. The van der Waals surface area contributed by atoms with Crippen molar-refractivity contribution in [1.29, 1.82) is 0 Å². The van der Waals surface area contributed by atoms with E-state index in [1.807, 2.05) is 12.1 Å². The van der Waals surface area contributed by atoms with Crippen LogP contribution >= 0.6 is 46.6 Å². The van der Waals surface area contributed by atoms with Gasteiger partial charge in [-0.15, -0.1) is 0 Å². The number of rotatable bonds is 5. The fourth-order valence-electron chi connectivity index (χ4n) is 2.80. The van der Waals surface area contributed by atoms with Crippen LogP contribution in [0.1, 0.15) is 11.1 Å². The first-order valence-electron chi connectivity index (χ1n) is 9.29. The van der Waals surface area contributed by atoms with Gasteiger partial charge in [0.25, 0.3) is 5.91 Å². The second-order valence-electron chi connectivity index (χ2n) is 6.69. The van der Waals surface area contributed by atoms with Crippen molar-refractivity contribution in [1.82, 2.24) is 5.32 Å². The van der Waals surface area contributed by atoms with E-state index < -0.39 is 0 Å². The maximum atomic E-state index is 13.0. The van der Waals surface area contributed by atoms with Gasteiger partial charge in [-0.3, -0.25) is 4.79 Å². The Labute approximate surface area is 203 Å². The van der Waals surface area contributed by atoms with Crippen molar-refractivity contribution in [3.8, 4) is 5.75 Å². The van der Waals surface area contributed by atoms with Gasteiger partial charge in [0.2, 0.25) is 0 Å². The van der Waals surface area contributed by atoms with Crippen LogP contribution in [0.2, 0.25) is 15.1 Å². The number of halogens is 4. The quantitative estimate of drug-likeness (QED) is 0.370. The molecule has 1 heterocycles. The fourth-order valence-corrected chi connectivity index (χ4v) is 4.38. The number of ether oxygens (including phenoxy) is 1. The van der Waals surface area contributed by atoms with Crippen molar-refractivity contribution in [3.05, 3.63) is 97.6 Å². The molecule has 0 atom stereocenters. The normalized spacial score (nSPS) is 15.9. The van der Waals surface area contributed by atoms with Gasteiger partial charge in [0.15, 0.2) is 10.9 Å². The predicted octanol–water partition coefficient (Wildman–Crippen LogP) is 7.26. The molecule has 1 saturated heterocycles.